The van der Waals surface area contributed by atoms with Crippen LogP contribution in [-0.2, 0) is 24.6 Å². The first-order valence-corrected chi connectivity index (χ1v) is 19.4. The number of nitrogens with zero attached hydrogens (tertiary/aromatic N) is 2. The van der Waals surface area contributed by atoms with Crippen LogP contribution in [0.15, 0.2) is 63.2 Å². The number of anilines is 1. The predicted molar refractivity (Wildman–Crippen MR) is 175 cm³/mol. The van der Waals surface area contributed by atoms with Crippen LogP contribution in [0.25, 0.3) is 0 Å². The molecule has 1 amide bonds. The molecule has 2 aromatic rings. The molecule has 2 aliphatic heterocycles. The molecule has 4 rings (SSSR count). The third-order valence-electron chi connectivity index (χ3n) is 8.62. The van der Waals surface area contributed by atoms with Crippen LogP contribution >= 0.6 is 11.8 Å². The number of likely N-dealkylation sites (tertiary alicyclic amines) is 2. The zero-order valence-corrected chi connectivity index (χ0v) is 29.2. The second-order valence-electron chi connectivity index (χ2n) is 13.2. The maximum atomic E-state index is 13.7. The summed E-state index contributed by atoms with van der Waals surface area (Å²) in [7, 11) is -10.4. The number of benzene rings is 2. The van der Waals surface area contributed by atoms with Crippen LogP contribution < -0.4 is 10.5 Å². The van der Waals surface area contributed by atoms with Gasteiger partial charge in [0.1, 0.15) is 10.5 Å². The zero-order valence-electron chi connectivity index (χ0n) is 26.8. The van der Waals surface area contributed by atoms with Crippen LogP contribution in [0.1, 0.15) is 52.9 Å². The Labute approximate surface area is 279 Å². The highest BCUT2D eigenvalue weighted by Gasteiger charge is 2.48. The van der Waals surface area contributed by atoms with Crippen molar-refractivity contribution < 1.29 is 39.5 Å². The lowest BCUT2D eigenvalue weighted by Gasteiger charge is -2.47. The van der Waals surface area contributed by atoms with E-state index in [1.165, 1.54) is 11.8 Å². The van der Waals surface area contributed by atoms with Gasteiger partial charge in [0, 0.05) is 36.3 Å². The van der Waals surface area contributed by atoms with E-state index in [0.717, 1.165) is 55.8 Å². The summed E-state index contributed by atoms with van der Waals surface area (Å²) >= 11 is 1.47. The van der Waals surface area contributed by atoms with Gasteiger partial charge in [0.25, 0.3) is 9.84 Å². The van der Waals surface area contributed by atoms with Gasteiger partial charge in [-0.1, -0.05) is 18.2 Å². The number of primary sulfonamides is 1. The molecular weight excluding hydrogens is 678 g/mol. The lowest BCUT2D eigenvalue weighted by molar-refractivity contribution is -0.0436. The molecule has 2 fully saturated rings. The van der Waals surface area contributed by atoms with E-state index in [0.29, 0.717) is 37.9 Å². The van der Waals surface area contributed by atoms with Crippen molar-refractivity contribution in [3.8, 4) is 0 Å². The highest BCUT2D eigenvalue weighted by atomic mass is 32.2. The van der Waals surface area contributed by atoms with Crippen molar-refractivity contribution in [1.82, 2.24) is 9.80 Å². The Bertz CT molecular complexity index is 1600. The molecule has 2 aliphatic rings. The number of nitrogens with two attached hydrogens (primary N) is 1. The Kier molecular flexibility index (Phi) is 11.5. The minimum Gasteiger partial charge on any atom is -0.444 e. The van der Waals surface area contributed by atoms with Gasteiger partial charge in [0.15, 0.2) is 0 Å². The highest BCUT2D eigenvalue weighted by Crippen LogP contribution is 2.42. The van der Waals surface area contributed by atoms with E-state index in [-0.39, 0.29) is 17.2 Å². The van der Waals surface area contributed by atoms with E-state index in [1.54, 1.807) is 4.90 Å². The first kappa shape index (κ1) is 37.3. The zero-order chi connectivity index (χ0) is 34.7. The summed E-state index contributed by atoms with van der Waals surface area (Å²) in [6.07, 6.45) is 3.89. The number of hydrogen-bond acceptors (Lipinski definition) is 9. The summed E-state index contributed by atoms with van der Waals surface area (Å²) in [4.78, 5) is 15.6. The van der Waals surface area contributed by atoms with Gasteiger partial charge in [-0.05, 0) is 102 Å². The van der Waals surface area contributed by atoms with Crippen LogP contribution in [0.3, 0.4) is 0 Å². The second kappa shape index (κ2) is 14.5. The van der Waals surface area contributed by atoms with Gasteiger partial charge in [0.2, 0.25) is 10.0 Å². The molecule has 2 saturated heterocycles. The van der Waals surface area contributed by atoms with E-state index in [4.69, 9.17) is 9.88 Å². The lowest BCUT2D eigenvalue weighted by atomic mass is 9.71. The van der Waals surface area contributed by atoms with E-state index >= 15 is 0 Å². The summed E-state index contributed by atoms with van der Waals surface area (Å²) in [5.41, 5.74) is -6.40. The van der Waals surface area contributed by atoms with Crippen molar-refractivity contribution in [1.29, 1.82) is 0 Å². The van der Waals surface area contributed by atoms with Crippen LogP contribution in [0.2, 0.25) is 0 Å². The number of alkyl halides is 3. The van der Waals surface area contributed by atoms with Gasteiger partial charge < -0.3 is 19.9 Å². The van der Waals surface area contributed by atoms with Crippen LogP contribution in [0.5, 0.6) is 0 Å². The maximum absolute atomic E-state index is 13.7. The summed E-state index contributed by atoms with van der Waals surface area (Å²) < 4.78 is 95.4. The number of piperidine rings is 2. The number of carbonyl (C=O) groups is 1. The molecule has 0 aromatic heterocycles. The standard InChI is InChI=1S/C31H43F3N4O6S3/c1-29(2,3)44-28(39)38-19-14-30(15-20-38)12-17-37(18-13-30)16-11-23(22-45-24-7-5-4-6-8-24)36-26-10-9-25(47(35,42)43)21-27(26)46(40,41)31(32,33)34/h4-10,21,23,36H,11-20,22H2,1-3H3,(H2,35,42,43)/t23-/m1/s1. The molecule has 0 radical (unpaired) electrons. The molecule has 0 unspecified atom stereocenters. The van der Waals surface area contributed by atoms with Gasteiger partial charge >= 0.3 is 11.6 Å². The van der Waals surface area contributed by atoms with Crippen LogP contribution in [-0.4, -0.2) is 88.4 Å². The Morgan fingerprint density at radius 1 is 0.979 bits per heavy atom. The molecule has 16 heteroatoms. The third-order valence-corrected chi connectivity index (χ3v) is 12.2. The largest absolute Gasteiger partial charge is 0.501 e. The summed E-state index contributed by atoms with van der Waals surface area (Å²) in [6, 6.07) is 11.4. The minimum atomic E-state index is -5.90. The van der Waals surface area contributed by atoms with Crippen LogP contribution in [0, 0.1) is 5.41 Å². The summed E-state index contributed by atoms with van der Waals surface area (Å²) in [5, 5.41) is 8.10. The topological polar surface area (TPSA) is 139 Å². The van der Waals surface area contributed by atoms with Crippen molar-refractivity contribution in [2.75, 3.05) is 43.8 Å². The molecule has 1 atom stereocenters. The van der Waals surface area contributed by atoms with E-state index in [2.05, 4.69) is 10.2 Å². The Morgan fingerprint density at radius 2 is 1.57 bits per heavy atom. The molecule has 0 bridgehead atoms. The third kappa shape index (κ3) is 10.00. The van der Waals surface area contributed by atoms with Gasteiger partial charge in [0.05, 0.1) is 10.6 Å². The van der Waals surface area contributed by atoms with E-state index < -0.39 is 46.8 Å². The van der Waals surface area contributed by atoms with Gasteiger partial charge in [-0.2, -0.15) is 13.2 Å². The van der Waals surface area contributed by atoms with Crippen molar-refractivity contribution in [3.05, 3.63) is 48.5 Å². The number of hydrogen-bond donors (Lipinski definition) is 2. The van der Waals surface area contributed by atoms with Crippen molar-refractivity contribution in [2.45, 2.75) is 84.7 Å². The summed E-state index contributed by atoms with van der Waals surface area (Å²) in [5.74, 6) is 0.407. The van der Waals surface area contributed by atoms with Crippen LogP contribution in [0.4, 0.5) is 23.7 Å². The molecule has 47 heavy (non-hydrogen) atoms. The van der Waals surface area contributed by atoms with E-state index in [1.807, 2.05) is 51.1 Å². The number of sulfonamides is 1. The Hall–Kier alpha value is -2.53. The summed E-state index contributed by atoms with van der Waals surface area (Å²) in [6.45, 7) is 9.09. The van der Waals surface area contributed by atoms with Crippen molar-refractivity contribution in [3.63, 3.8) is 0 Å². The molecule has 0 aliphatic carbocycles. The van der Waals surface area contributed by atoms with Gasteiger partial charge in [-0.25, -0.2) is 26.8 Å². The normalized spacial score (nSPS) is 18.6. The highest BCUT2D eigenvalue weighted by molar-refractivity contribution is 7.99. The lowest BCUT2D eigenvalue weighted by Crippen LogP contribution is -2.49. The first-order chi connectivity index (χ1) is 21.8. The molecule has 1 spiro atoms. The molecule has 10 nitrogen and oxygen atoms in total. The van der Waals surface area contributed by atoms with Gasteiger partial charge in [-0.3, -0.25) is 0 Å². The second-order valence-corrected chi connectivity index (χ2v) is 17.8. The number of nitrogens with one attached hydrogen (secondary N) is 1. The Morgan fingerprint density at radius 3 is 2.13 bits per heavy atom. The minimum absolute atomic E-state index is 0.141. The first-order valence-electron chi connectivity index (χ1n) is 15.4. The smallest absolute Gasteiger partial charge is 0.444 e. The quantitative estimate of drug-likeness (QED) is 0.296. The monoisotopic (exact) mass is 720 g/mol. The van der Waals surface area contributed by atoms with E-state index in [9.17, 15) is 34.8 Å². The number of ether oxygens (including phenoxy) is 1. The fourth-order valence-corrected chi connectivity index (χ4v) is 8.41. The average Bonchev–Trinajstić information content (AvgIpc) is 2.98. The molecule has 262 valence electrons. The fraction of sp³-hybridized carbons (Fsp3) is 0.581. The Balaban J connectivity index is 1.45. The average molecular weight is 721 g/mol. The molecular formula is C31H43F3N4O6S3. The van der Waals surface area contributed by atoms with Gasteiger partial charge in [-0.15, -0.1) is 11.8 Å². The SMILES string of the molecule is CC(C)(C)OC(=O)N1CCC2(CCN(CC[C@H](CSc3ccccc3)Nc3ccc(S(N)(=O)=O)cc3S(=O)(=O)C(F)(F)F)CC2)CC1. The molecule has 0 saturated carbocycles. The number of thioether (sulfide) groups is 1. The number of amides is 1. The number of halogens is 3. The van der Waals surface area contributed by atoms with Crippen molar-refractivity contribution >= 4 is 43.4 Å². The predicted octanol–water partition coefficient (Wildman–Crippen LogP) is 5.70. The number of rotatable bonds is 10. The molecule has 2 heterocycles. The maximum Gasteiger partial charge on any atom is 0.501 e. The number of sulfone groups is 1. The number of carbonyl (C=O) groups excluding carboxylic acids is 1. The van der Waals surface area contributed by atoms with Crippen molar-refractivity contribution in [2.24, 2.45) is 10.6 Å². The molecule has 2 aromatic carbocycles. The molecule has 3 N–H and O–H groups in total. The fourth-order valence-electron chi connectivity index (χ4n) is 5.86.